The number of benzene rings is 2. The Bertz CT molecular complexity index is 588. The average molecular weight is 357 g/mol. The minimum Gasteiger partial charge on any atom is -0.319 e. The third-order valence-electron chi connectivity index (χ3n) is 3.25. The molecule has 0 amide bonds. The lowest BCUT2D eigenvalue weighted by atomic mass is 9.91. The minimum atomic E-state index is -0.178. The lowest BCUT2D eigenvalue weighted by Gasteiger charge is -2.18. The molecule has 0 aliphatic heterocycles. The second-order valence-corrected chi connectivity index (χ2v) is 6.10. The van der Waals surface area contributed by atoms with Crippen molar-refractivity contribution in [2.45, 2.75) is 12.3 Å². The van der Waals surface area contributed by atoms with Crippen molar-refractivity contribution < 1.29 is 4.39 Å². The molecule has 2 rings (SSSR count). The molecule has 0 radical (unpaired) electrons. The molecule has 0 aliphatic carbocycles. The van der Waals surface area contributed by atoms with Crippen LogP contribution in [0.3, 0.4) is 0 Å². The molecule has 0 aliphatic rings. The molecule has 0 fully saturated rings. The highest BCUT2D eigenvalue weighted by Gasteiger charge is 2.14. The van der Waals surface area contributed by atoms with E-state index >= 15 is 0 Å². The van der Waals surface area contributed by atoms with Gasteiger partial charge in [0, 0.05) is 22.0 Å². The predicted molar refractivity (Wildman–Crippen MR) is 85.9 cm³/mol. The van der Waals surface area contributed by atoms with Gasteiger partial charge in [-0.2, -0.15) is 0 Å². The number of rotatable bonds is 5. The van der Waals surface area contributed by atoms with Crippen LogP contribution in [0.5, 0.6) is 0 Å². The van der Waals surface area contributed by atoms with Gasteiger partial charge in [-0.1, -0.05) is 45.7 Å². The van der Waals surface area contributed by atoms with E-state index in [2.05, 4.69) is 21.2 Å². The molecule has 0 saturated carbocycles. The zero-order chi connectivity index (χ0) is 14.5. The summed E-state index contributed by atoms with van der Waals surface area (Å²) in [6, 6.07) is 13.0. The van der Waals surface area contributed by atoms with Crippen molar-refractivity contribution in [2.75, 3.05) is 13.6 Å². The lowest BCUT2D eigenvalue weighted by Crippen LogP contribution is -2.19. The summed E-state index contributed by atoms with van der Waals surface area (Å²) in [5, 5.41) is 3.87. The van der Waals surface area contributed by atoms with Crippen LogP contribution < -0.4 is 5.32 Å². The Kier molecular flexibility index (Phi) is 5.58. The summed E-state index contributed by atoms with van der Waals surface area (Å²) in [6.07, 6.45) is 0.639. The first kappa shape index (κ1) is 15.5. The highest BCUT2D eigenvalue weighted by molar-refractivity contribution is 9.10. The van der Waals surface area contributed by atoms with Crippen LogP contribution in [0.4, 0.5) is 4.39 Å². The van der Waals surface area contributed by atoms with E-state index in [-0.39, 0.29) is 11.7 Å². The molecule has 0 saturated heterocycles. The van der Waals surface area contributed by atoms with Gasteiger partial charge in [0.05, 0.1) is 0 Å². The van der Waals surface area contributed by atoms with Crippen LogP contribution in [-0.4, -0.2) is 13.6 Å². The molecule has 1 atom stereocenters. The van der Waals surface area contributed by atoms with Gasteiger partial charge in [-0.05, 0) is 48.9 Å². The molecule has 4 heteroatoms. The Morgan fingerprint density at radius 3 is 2.70 bits per heavy atom. The molecule has 20 heavy (non-hydrogen) atoms. The lowest BCUT2D eigenvalue weighted by molar-refractivity contribution is 0.574. The number of hydrogen-bond acceptors (Lipinski definition) is 1. The van der Waals surface area contributed by atoms with Crippen molar-refractivity contribution in [1.29, 1.82) is 0 Å². The van der Waals surface area contributed by atoms with Gasteiger partial charge in [0.25, 0.3) is 0 Å². The van der Waals surface area contributed by atoms with Crippen molar-refractivity contribution >= 4 is 27.5 Å². The summed E-state index contributed by atoms with van der Waals surface area (Å²) in [6.45, 7) is 0.774. The predicted octanol–water partition coefficient (Wildman–Crippen LogP) is 4.79. The van der Waals surface area contributed by atoms with E-state index in [1.807, 2.05) is 43.4 Å². The minimum absolute atomic E-state index is 0.178. The first-order valence-electron chi connectivity index (χ1n) is 6.44. The van der Waals surface area contributed by atoms with Gasteiger partial charge in [-0.3, -0.25) is 0 Å². The summed E-state index contributed by atoms with van der Waals surface area (Å²) >= 11 is 9.32. The van der Waals surface area contributed by atoms with Crippen molar-refractivity contribution in [1.82, 2.24) is 5.32 Å². The first-order valence-corrected chi connectivity index (χ1v) is 7.61. The third kappa shape index (κ3) is 4.05. The second kappa shape index (κ2) is 7.21. The van der Waals surface area contributed by atoms with Gasteiger partial charge in [-0.25, -0.2) is 4.39 Å². The fourth-order valence-corrected chi connectivity index (χ4v) is 2.80. The third-order valence-corrected chi connectivity index (χ3v) is 3.98. The van der Waals surface area contributed by atoms with E-state index in [0.717, 1.165) is 16.6 Å². The fourth-order valence-electron chi connectivity index (χ4n) is 2.27. The van der Waals surface area contributed by atoms with E-state index in [0.29, 0.717) is 17.0 Å². The first-order chi connectivity index (χ1) is 9.60. The van der Waals surface area contributed by atoms with E-state index in [1.54, 1.807) is 0 Å². The Balaban J connectivity index is 2.25. The van der Waals surface area contributed by atoms with Crippen LogP contribution in [0.15, 0.2) is 46.9 Å². The van der Waals surface area contributed by atoms with Gasteiger partial charge < -0.3 is 5.32 Å². The van der Waals surface area contributed by atoms with Crippen LogP contribution >= 0.6 is 27.5 Å². The Hall–Kier alpha value is -0.900. The molecule has 0 heterocycles. The van der Waals surface area contributed by atoms with Crippen LogP contribution in [0.1, 0.15) is 17.0 Å². The summed E-state index contributed by atoms with van der Waals surface area (Å²) in [4.78, 5) is 0. The number of likely N-dealkylation sites (N-methyl/N-ethyl adjacent to an activating group) is 1. The number of nitrogens with one attached hydrogen (secondary N) is 1. The van der Waals surface area contributed by atoms with E-state index < -0.39 is 0 Å². The second-order valence-electron chi connectivity index (χ2n) is 4.75. The molecule has 0 bridgehead atoms. The standard InChI is InChI=1S/C16H16BrClFN/c1-20-10-13(11-3-2-4-15(18)8-11)7-12-5-6-14(17)9-16(12)19/h2-6,8-9,13,20H,7,10H2,1H3. The van der Waals surface area contributed by atoms with Gasteiger partial charge in [0.1, 0.15) is 5.82 Å². The molecule has 106 valence electrons. The Morgan fingerprint density at radius 2 is 2.05 bits per heavy atom. The zero-order valence-electron chi connectivity index (χ0n) is 11.2. The van der Waals surface area contributed by atoms with Crippen molar-refractivity contribution in [3.8, 4) is 0 Å². The Labute approximate surface area is 132 Å². The topological polar surface area (TPSA) is 12.0 Å². The molecule has 2 aromatic rings. The van der Waals surface area contributed by atoms with Gasteiger partial charge in [0.2, 0.25) is 0 Å². The maximum Gasteiger partial charge on any atom is 0.127 e. The van der Waals surface area contributed by atoms with E-state index in [9.17, 15) is 4.39 Å². The quantitative estimate of drug-likeness (QED) is 0.812. The SMILES string of the molecule is CNCC(Cc1ccc(Br)cc1F)c1cccc(Cl)c1. The molecule has 2 aromatic carbocycles. The Morgan fingerprint density at radius 1 is 1.25 bits per heavy atom. The molecule has 0 aromatic heterocycles. The van der Waals surface area contributed by atoms with Crippen LogP contribution in [0.25, 0.3) is 0 Å². The number of hydrogen-bond donors (Lipinski definition) is 1. The smallest absolute Gasteiger partial charge is 0.127 e. The van der Waals surface area contributed by atoms with Crippen LogP contribution in [-0.2, 0) is 6.42 Å². The van der Waals surface area contributed by atoms with E-state index in [1.165, 1.54) is 6.07 Å². The summed E-state index contributed by atoms with van der Waals surface area (Å²) in [5.41, 5.74) is 1.84. The highest BCUT2D eigenvalue weighted by Crippen LogP contribution is 2.25. The van der Waals surface area contributed by atoms with Gasteiger partial charge >= 0.3 is 0 Å². The van der Waals surface area contributed by atoms with Crippen molar-refractivity contribution in [3.05, 3.63) is 68.9 Å². The zero-order valence-corrected chi connectivity index (χ0v) is 13.5. The molecule has 1 unspecified atom stereocenters. The fraction of sp³-hybridized carbons (Fsp3) is 0.250. The molecular formula is C16H16BrClFN. The number of halogens is 3. The van der Waals surface area contributed by atoms with Gasteiger partial charge in [0.15, 0.2) is 0 Å². The van der Waals surface area contributed by atoms with Gasteiger partial charge in [-0.15, -0.1) is 0 Å². The van der Waals surface area contributed by atoms with Crippen LogP contribution in [0.2, 0.25) is 5.02 Å². The maximum absolute atomic E-state index is 14.0. The molecule has 0 spiro atoms. The van der Waals surface area contributed by atoms with E-state index in [4.69, 9.17) is 11.6 Å². The summed E-state index contributed by atoms with van der Waals surface area (Å²) < 4.78 is 14.7. The van der Waals surface area contributed by atoms with Crippen molar-refractivity contribution in [3.63, 3.8) is 0 Å². The maximum atomic E-state index is 14.0. The molecular weight excluding hydrogens is 341 g/mol. The monoisotopic (exact) mass is 355 g/mol. The highest BCUT2D eigenvalue weighted by atomic mass is 79.9. The molecule has 1 N–H and O–H groups in total. The average Bonchev–Trinajstić information content (AvgIpc) is 2.41. The van der Waals surface area contributed by atoms with Crippen molar-refractivity contribution in [2.24, 2.45) is 0 Å². The summed E-state index contributed by atoms with van der Waals surface area (Å²) in [7, 11) is 1.90. The summed E-state index contributed by atoms with van der Waals surface area (Å²) in [5.74, 6) is 0.0110. The molecule has 1 nitrogen and oxygen atoms in total. The normalized spacial score (nSPS) is 12.4. The van der Waals surface area contributed by atoms with Crippen LogP contribution in [0, 0.1) is 5.82 Å². The largest absolute Gasteiger partial charge is 0.319 e.